The molecule has 1 nitrogen and oxygen atoms in total. The monoisotopic (exact) mass is 171 g/mol. The lowest BCUT2D eigenvalue weighted by Gasteiger charge is -2.01. The minimum absolute atomic E-state index is 0.206. The molecule has 0 aromatic heterocycles. The summed E-state index contributed by atoms with van der Waals surface area (Å²) in [6, 6.07) is 0. The molecule has 0 aromatic rings. The minimum atomic E-state index is -2.24. The molecule has 0 aliphatic carbocycles. The van der Waals surface area contributed by atoms with Crippen LogP contribution < -0.4 is 5.32 Å². The summed E-state index contributed by atoms with van der Waals surface area (Å²) >= 11 is 5.37. The van der Waals surface area contributed by atoms with Crippen molar-refractivity contribution < 1.29 is 8.78 Å². The van der Waals surface area contributed by atoms with Crippen LogP contribution in [0.3, 0.4) is 0 Å². The first-order valence-corrected chi connectivity index (χ1v) is 3.85. The van der Waals surface area contributed by atoms with E-state index in [0.717, 1.165) is 12.8 Å². The summed E-state index contributed by atoms with van der Waals surface area (Å²) in [6.07, 6.45) is -0.482. The number of hydrogen-bond donors (Lipinski definition) is 1. The molecule has 0 rings (SSSR count). The Balaban J connectivity index is 2.77. The van der Waals surface area contributed by atoms with Crippen LogP contribution >= 0.6 is 11.6 Å². The van der Waals surface area contributed by atoms with Gasteiger partial charge in [-0.15, -0.1) is 11.6 Å². The van der Waals surface area contributed by atoms with Crippen molar-refractivity contribution in [2.45, 2.75) is 19.3 Å². The largest absolute Gasteiger partial charge is 0.311 e. The fraction of sp³-hybridized carbons (Fsp3) is 1.00. The van der Waals surface area contributed by atoms with E-state index in [4.69, 9.17) is 11.6 Å². The van der Waals surface area contributed by atoms with E-state index in [0.29, 0.717) is 12.4 Å². The molecule has 10 heavy (non-hydrogen) atoms. The normalized spacial score (nSPS) is 10.8. The molecule has 0 saturated heterocycles. The van der Waals surface area contributed by atoms with E-state index in [1.807, 2.05) is 0 Å². The van der Waals surface area contributed by atoms with Crippen molar-refractivity contribution in [3.05, 3.63) is 0 Å². The Kier molecular flexibility index (Phi) is 7.30. The summed E-state index contributed by atoms with van der Waals surface area (Å²) < 4.78 is 22.9. The van der Waals surface area contributed by atoms with E-state index in [-0.39, 0.29) is 6.54 Å². The summed E-state index contributed by atoms with van der Waals surface area (Å²) in [5.74, 6) is 0.607. The second kappa shape index (κ2) is 7.22. The van der Waals surface area contributed by atoms with Crippen molar-refractivity contribution in [2.24, 2.45) is 0 Å². The highest BCUT2D eigenvalue weighted by atomic mass is 35.5. The highest BCUT2D eigenvalue weighted by molar-refractivity contribution is 6.17. The minimum Gasteiger partial charge on any atom is -0.311 e. The number of rotatable bonds is 6. The van der Waals surface area contributed by atoms with Crippen LogP contribution in [0.25, 0.3) is 0 Å². The summed E-state index contributed by atoms with van der Waals surface area (Å²) in [7, 11) is 0. The van der Waals surface area contributed by atoms with Crippen LogP contribution in [-0.4, -0.2) is 25.4 Å². The average molecular weight is 172 g/mol. The Bertz CT molecular complexity index is 70.8. The molecule has 0 bridgehead atoms. The molecular weight excluding hydrogens is 160 g/mol. The fourth-order valence-electron chi connectivity index (χ4n) is 0.556. The van der Waals surface area contributed by atoms with Crippen molar-refractivity contribution in [3.63, 3.8) is 0 Å². The van der Waals surface area contributed by atoms with E-state index < -0.39 is 6.43 Å². The first-order valence-electron chi connectivity index (χ1n) is 3.32. The number of unbranched alkanes of at least 4 members (excludes halogenated alkanes) is 1. The molecule has 62 valence electrons. The SMILES string of the molecule is FC(F)CNCCCCCl. The van der Waals surface area contributed by atoms with Gasteiger partial charge < -0.3 is 5.32 Å². The fourth-order valence-corrected chi connectivity index (χ4v) is 0.745. The van der Waals surface area contributed by atoms with Gasteiger partial charge in [-0.3, -0.25) is 0 Å². The molecular formula is C6H12ClF2N. The molecule has 0 saturated carbocycles. The van der Waals surface area contributed by atoms with Gasteiger partial charge in [-0.1, -0.05) is 0 Å². The van der Waals surface area contributed by atoms with Crippen molar-refractivity contribution in [3.8, 4) is 0 Å². The number of nitrogens with one attached hydrogen (secondary N) is 1. The second-order valence-electron chi connectivity index (χ2n) is 1.99. The zero-order valence-electron chi connectivity index (χ0n) is 5.75. The van der Waals surface area contributed by atoms with Gasteiger partial charge in [0.25, 0.3) is 6.43 Å². The maximum Gasteiger partial charge on any atom is 0.250 e. The maximum absolute atomic E-state index is 11.5. The van der Waals surface area contributed by atoms with Gasteiger partial charge in [0.1, 0.15) is 0 Å². The van der Waals surface area contributed by atoms with Crippen molar-refractivity contribution in [1.82, 2.24) is 5.32 Å². The molecule has 0 aromatic carbocycles. The standard InChI is InChI=1S/C6H12ClF2N/c7-3-1-2-4-10-5-6(8)9/h6,10H,1-5H2. The smallest absolute Gasteiger partial charge is 0.250 e. The molecule has 0 aliphatic heterocycles. The first-order chi connectivity index (χ1) is 4.77. The van der Waals surface area contributed by atoms with Crippen LogP contribution in [0.2, 0.25) is 0 Å². The zero-order chi connectivity index (χ0) is 7.82. The Morgan fingerprint density at radius 2 is 2.00 bits per heavy atom. The third-order valence-electron chi connectivity index (χ3n) is 1.04. The van der Waals surface area contributed by atoms with Gasteiger partial charge in [0.15, 0.2) is 0 Å². The van der Waals surface area contributed by atoms with Gasteiger partial charge in [0, 0.05) is 5.88 Å². The van der Waals surface area contributed by atoms with Crippen molar-refractivity contribution in [2.75, 3.05) is 19.0 Å². The Hall–Kier alpha value is 0.110. The van der Waals surface area contributed by atoms with Gasteiger partial charge >= 0.3 is 0 Å². The summed E-state index contributed by atoms with van der Waals surface area (Å²) in [5, 5.41) is 2.61. The van der Waals surface area contributed by atoms with E-state index in [9.17, 15) is 8.78 Å². The number of halogens is 3. The van der Waals surface area contributed by atoms with Crippen LogP contribution in [0.1, 0.15) is 12.8 Å². The predicted molar refractivity (Wildman–Crippen MR) is 38.8 cm³/mol. The molecule has 0 heterocycles. The highest BCUT2D eigenvalue weighted by Crippen LogP contribution is 1.91. The third kappa shape index (κ3) is 8.11. The molecule has 0 radical (unpaired) electrons. The molecule has 4 heteroatoms. The molecule has 0 aliphatic rings. The van der Waals surface area contributed by atoms with Gasteiger partial charge in [-0.2, -0.15) is 0 Å². The summed E-state index contributed by atoms with van der Waals surface area (Å²) in [6.45, 7) is 0.430. The summed E-state index contributed by atoms with van der Waals surface area (Å²) in [5.41, 5.74) is 0. The predicted octanol–water partition coefficient (Wildman–Crippen LogP) is 1.86. The summed E-state index contributed by atoms with van der Waals surface area (Å²) in [4.78, 5) is 0. The lowest BCUT2D eigenvalue weighted by Crippen LogP contribution is -2.22. The molecule has 0 atom stereocenters. The van der Waals surface area contributed by atoms with Crippen LogP contribution in [-0.2, 0) is 0 Å². The van der Waals surface area contributed by atoms with Crippen LogP contribution in [0.4, 0.5) is 8.78 Å². The Labute approximate surface area is 64.7 Å². The van der Waals surface area contributed by atoms with Crippen molar-refractivity contribution >= 4 is 11.6 Å². The van der Waals surface area contributed by atoms with E-state index in [2.05, 4.69) is 5.32 Å². The molecule has 0 fully saturated rings. The van der Waals surface area contributed by atoms with Gasteiger partial charge in [0.05, 0.1) is 6.54 Å². The quantitative estimate of drug-likeness (QED) is 0.475. The van der Waals surface area contributed by atoms with Crippen LogP contribution in [0.15, 0.2) is 0 Å². The van der Waals surface area contributed by atoms with Gasteiger partial charge in [0.2, 0.25) is 0 Å². The van der Waals surface area contributed by atoms with Crippen LogP contribution in [0.5, 0.6) is 0 Å². The van der Waals surface area contributed by atoms with E-state index in [1.165, 1.54) is 0 Å². The van der Waals surface area contributed by atoms with Crippen LogP contribution in [0, 0.1) is 0 Å². The zero-order valence-corrected chi connectivity index (χ0v) is 6.50. The molecule has 0 unspecified atom stereocenters. The van der Waals surface area contributed by atoms with Gasteiger partial charge in [-0.25, -0.2) is 8.78 Å². The maximum atomic E-state index is 11.5. The highest BCUT2D eigenvalue weighted by Gasteiger charge is 1.98. The average Bonchev–Trinajstić information content (AvgIpc) is 1.87. The number of hydrogen-bond acceptors (Lipinski definition) is 1. The number of alkyl halides is 3. The van der Waals surface area contributed by atoms with E-state index >= 15 is 0 Å². The lowest BCUT2D eigenvalue weighted by atomic mass is 10.3. The Morgan fingerprint density at radius 1 is 1.30 bits per heavy atom. The lowest BCUT2D eigenvalue weighted by molar-refractivity contribution is 0.146. The van der Waals surface area contributed by atoms with Crippen molar-refractivity contribution in [1.29, 1.82) is 0 Å². The molecule has 1 N–H and O–H groups in total. The van der Waals surface area contributed by atoms with Gasteiger partial charge in [-0.05, 0) is 19.4 Å². The Morgan fingerprint density at radius 3 is 2.50 bits per heavy atom. The second-order valence-corrected chi connectivity index (χ2v) is 2.37. The van der Waals surface area contributed by atoms with E-state index in [1.54, 1.807) is 0 Å². The third-order valence-corrected chi connectivity index (χ3v) is 1.30. The molecule has 0 spiro atoms. The topological polar surface area (TPSA) is 12.0 Å². The first kappa shape index (κ1) is 10.1. The molecule has 0 amide bonds.